The fraction of sp³-hybridized carbons (Fsp3) is 0.692. The van der Waals surface area contributed by atoms with Crippen LogP contribution in [0, 0.1) is 11.8 Å². The molecule has 1 N–H and O–H groups in total. The maximum atomic E-state index is 12.1. The van der Waals surface area contributed by atoms with Crippen molar-refractivity contribution >= 4 is 23.8 Å². The van der Waals surface area contributed by atoms with Gasteiger partial charge in [-0.1, -0.05) is 19.3 Å². The minimum Gasteiger partial charge on any atom is -0.481 e. The Morgan fingerprint density at radius 1 is 1.00 bits per heavy atom. The molecule has 1 saturated carbocycles. The lowest BCUT2D eigenvalue weighted by molar-refractivity contribution is -0.202. The second kappa shape index (κ2) is 6.02. The van der Waals surface area contributed by atoms with Crippen LogP contribution in [0.25, 0.3) is 0 Å². The molecule has 2 rings (SSSR count). The molecule has 0 aromatic heterocycles. The van der Waals surface area contributed by atoms with E-state index in [9.17, 15) is 24.3 Å². The van der Waals surface area contributed by atoms with Gasteiger partial charge in [-0.3, -0.25) is 14.4 Å². The second-order valence-electron chi connectivity index (χ2n) is 5.18. The molecule has 1 saturated heterocycles. The standard InChI is InChI=1S/C13H17NO6/c15-10-6-7-11(16)14(10)20-13(19)9-5-3-1-2-4-8(9)12(17)18/h8-9H,1-7H2,(H,17,18). The molecule has 2 unspecified atom stereocenters. The quantitative estimate of drug-likeness (QED) is 0.609. The highest BCUT2D eigenvalue weighted by molar-refractivity contribution is 6.01. The Bertz CT molecular complexity index is 430. The van der Waals surface area contributed by atoms with Crippen molar-refractivity contribution in [3.05, 3.63) is 0 Å². The van der Waals surface area contributed by atoms with Gasteiger partial charge in [-0.25, -0.2) is 4.79 Å². The van der Waals surface area contributed by atoms with Crippen molar-refractivity contribution in [2.75, 3.05) is 0 Å². The first-order valence-corrected chi connectivity index (χ1v) is 6.81. The number of carboxylic acids is 1. The van der Waals surface area contributed by atoms with Crippen molar-refractivity contribution in [3.63, 3.8) is 0 Å². The smallest absolute Gasteiger partial charge is 0.337 e. The summed E-state index contributed by atoms with van der Waals surface area (Å²) >= 11 is 0. The van der Waals surface area contributed by atoms with Gasteiger partial charge >= 0.3 is 11.9 Å². The molecule has 2 atom stereocenters. The van der Waals surface area contributed by atoms with Gasteiger partial charge in [0.15, 0.2) is 0 Å². The zero-order valence-electron chi connectivity index (χ0n) is 11.0. The largest absolute Gasteiger partial charge is 0.481 e. The number of hydroxylamine groups is 2. The lowest BCUT2D eigenvalue weighted by atomic mass is 9.88. The van der Waals surface area contributed by atoms with Crippen molar-refractivity contribution in [3.8, 4) is 0 Å². The summed E-state index contributed by atoms with van der Waals surface area (Å²) in [7, 11) is 0. The van der Waals surface area contributed by atoms with Gasteiger partial charge in [0, 0.05) is 12.8 Å². The summed E-state index contributed by atoms with van der Waals surface area (Å²) in [5.41, 5.74) is 0. The van der Waals surface area contributed by atoms with Gasteiger partial charge in [0.1, 0.15) is 0 Å². The summed E-state index contributed by atoms with van der Waals surface area (Å²) in [6.07, 6.45) is 3.24. The Morgan fingerprint density at radius 2 is 1.55 bits per heavy atom. The molecular formula is C13H17NO6. The highest BCUT2D eigenvalue weighted by atomic mass is 16.7. The predicted octanol–water partition coefficient (Wildman–Crippen LogP) is 0.875. The van der Waals surface area contributed by atoms with E-state index in [0.29, 0.717) is 17.9 Å². The van der Waals surface area contributed by atoms with Crippen LogP contribution >= 0.6 is 0 Å². The van der Waals surface area contributed by atoms with E-state index in [0.717, 1.165) is 19.3 Å². The third kappa shape index (κ3) is 2.97. The number of carboxylic acid groups (broad SMARTS) is 1. The van der Waals surface area contributed by atoms with E-state index in [1.165, 1.54) is 0 Å². The molecule has 2 amide bonds. The number of hydrogen-bond acceptors (Lipinski definition) is 5. The van der Waals surface area contributed by atoms with Gasteiger partial charge in [0.05, 0.1) is 11.8 Å². The molecule has 7 heteroatoms. The van der Waals surface area contributed by atoms with E-state index in [4.69, 9.17) is 4.84 Å². The number of amides is 2. The summed E-state index contributed by atoms with van der Waals surface area (Å²) in [5.74, 6) is -4.53. The molecule has 110 valence electrons. The fourth-order valence-electron chi connectivity index (χ4n) is 2.70. The first-order valence-electron chi connectivity index (χ1n) is 6.81. The van der Waals surface area contributed by atoms with Crippen LogP contribution in [0.15, 0.2) is 0 Å². The van der Waals surface area contributed by atoms with Crippen molar-refractivity contribution in [1.29, 1.82) is 0 Å². The number of carbonyl (C=O) groups is 4. The Kier molecular flexibility index (Phi) is 4.36. The Labute approximate surface area is 115 Å². The zero-order valence-corrected chi connectivity index (χ0v) is 11.0. The maximum absolute atomic E-state index is 12.1. The molecule has 0 bridgehead atoms. The van der Waals surface area contributed by atoms with Crippen LogP contribution in [-0.2, 0) is 24.0 Å². The SMILES string of the molecule is O=C(O)C1CCCCCC1C(=O)ON1C(=O)CCC1=O. The summed E-state index contributed by atoms with van der Waals surface area (Å²) in [4.78, 5) is 51.0. The molecule has 0 spiro atoms. The summed E-state index contributed by atoms with van der Waals surface area (Å²) < 4.78 is 0. The number of rotatable bonds is 3. The third-order valence-corrected chi connectivity index (χ3v) is 3.82. The van der Waals surface area contributed by atoms with E-state index < -0.39 is 35.6 Å². The average molecular weight is 283 g/mol. The number of nitrogens with zero attached hydrogens (tertiary/aromatic N) is 1. The maximum Gasteiger partial charge on any atom is 0.337 e. The highest BCUT2D eigenvalue weighted by Gasteiger charge is 2.40. The lowest BCUT2D eigenvalue weighted by Crippen LogP contribution is -2.38. The van der Waals surface area contributed by atoms with Crippen molar-refractivity contribution in [1.82, 2.24) is 5.06 Å². The summed E-state index contributed by atoms with van der Waals surface area (Å²) in [6.45, 7) is 0. The molecule has 1 aliphatic heterocycles. The molecule has 0 aromatic carbocycles. The van der Waals surface area contributed by atoms with Crippen LogP contribution < -0.4 is 0 Å². The van der Waals surface area contributed by atoms with Crippen molar-refractivity contribution in [2.24, 2.45) is 11.8 Å². The normalized spacial score (nSPS) is 27.3. The number of aliphatic carboxylic acids is 1. The Balaban J connectivity index is 2.07. The topological polar surface area (TPSA) is 101 Å². The van der Waals surface area contributed by atoms with Crippen LogP contribution in [-0.4, -0.2) is 33.9 Å². The minimum absolute atomic E-state index is 0.0269. The van der Waals surface area contributed by atoms with Gasteiger partial charge in [-0.2, -0.15) is 0 Å². The van der Waals surface area contributed by atoms with Gasteiger partial charge in [0.25, 0.3) is 11.8 Å². The zero-order chi connectivity index (χ0) is 14.7. The number of imide groups is 1. The lowest BCUT2D eigenvalue weighted by Gasteiger charge is -2.21. The first-order chi connectivity index (χ1) is 9.50. The fourth-order valence-corrected chi connectivity index (χ4v) is 2.70. The van der Waals surface area contributed by atoms with Gasteiger partial charge in [-0.05, 0) is 12.8 Å². The van der Waals surface area contributed by atoms with Crippen LogP contribution in [0.2, 0.25) is 0 Å². The average Bonchev–Trinajstić information content (AvgIpc) is 2.64. The first kappa shape index (κ1) is 14.5. The summed E-state index contributed by atoms with van der Waals surface area (Å²) in [5, 5.41) is 9.67. The molecule has 1 heterocycles. The molecule has 7 nitrogen and oxygen atoms in total. The predicted molar refractivity (Wildman–Crippen MR) is 64.9 cm³/mol. The second-order valence-corrected chi connectivity index (χ2v) is 5.18. The van der Waals surface area contributed by atoms with E-state index in [2.05, 4.69) is 0 Å². The van der Waals surface area contributed by atoms with Crippen molar-refractivity contribution in [2.45, 2.75) is 44.9 Å². The molecule has 0 aromatic rings. The van der Waals surface area contributed by atoms with E-state index >= 15 is 0 Å². The monoisotopic (exact) mass is 283 g/mol. The number of hydrogen-bond donors (Lipinski definition) is 1. The number of carbonyl (C=O) groups excluding carboxylic acids is 3. The summed E-state index contributed by atoms with van der Waals surface area (Å²) in [6, 6.07) is 0. The molecule has 2 aliphatic rings. The molecule has 2 fully saturated rings. The highest BCUT2D eigenvalue weighted by Crippen LogP contribution is 2.30. The van der Waals surface area contributed by atoms with Gasteiger partial charge in [0.2, 0.25) is 0 Å². The van der Waals surface area contributed by atoms with Crippen LogP contribution in [0.1, 0.15) is 44.9 Å². The molecule has 0 radical (unpaired) electrons. The van der Waals surface area contributed by atoms with Crippen molar-refractivity contribution < 1.29 is 29.1 Å². The molecular weight excluding hydrogens is 266 g/mol. The van der Waals surface area contributed by atoms with Gasteiger partial charge in [-0.15, -0.1) is 5.06 Å². The van der Waals surface area contributed by atoms with Crippen LogP contribution in [0.5, 0.6) is 0 Å². The molecule has 1 aliphatic carbocycles. The Hall–Kier alpha value is -1.92. The minimum atomic E-state index is -1.03. The van der Waals surface area contributed by atoms with Crippen LogP contribution in [0.3, 0.4) is 0 Å². The van der Waals surface area contributed by atoms with Crippen LogP contribution in [0.4, 0.5) is 0 Å². The Morgan fingerprint density at radius 3 is 2.10 bits per heavy atom. The third-order valence-electron chi connectivity index (χ3n) is 3.82. The van der Waals surface area contributed by atoms with E-state index in [1.807, 2.05) is 0 Å². The van der Waals surface area contributed by atoms with Gasteiger partial charge < -0.3 is 9.94 Å². The molecule has 20 heavy (non-hydrogen) atoms. The van der Waals surface area contributed by atoms with E-state index in [1.54, 1.807) is 0 Å². The van der Waals surface area contributed by atoms with E-state index in [-0.39, 0.29) is 12.8 Å².